The summed E-state index contributed by atoms with van der Waals surface area (Å²) in [5.74, 6) is 0.838. The summed E-state index contributed by atoms with van der Waals surface area (Å²) in [5, 5.41) is 4.51. The first-order valence-electron chi connectivity index (χ1n) is 7.78. The van der Waals surface area contributed by atoms with Crippen LogP contribution >= 0.6 is 11.3 Å². The zero-order chi connectivity index (χ0) is 17.4. The average molecular weight is 352 g/mol. The lowest BCUT2D eigenvalue weighted by atomic mass is 10.2. The molecular formula is C18H16N4O2S. The predicted molar refractivity (Wildman–Crippen MR) is 98.3 cm³/mol. The van der Waals surface area contributed by atoms with Crippen LogP contribution in [0.2, 0.25) is 0 Å². The molecule has 3 aromatic heterocycles. The number of aromatic nitrogens is 4. The third-order valence-corrected chi connectivity index (χ3v) is 5.33. The minimum absolute atomic E-state index is 0.107. The number of nitrogens with zero attached hydrogens (tertiary/aromatic N) is 3. The van der Waals surface area contributed by atoms with Crippen LogP contribution in [0.5, 0.6) is 5.75 Å². The molecule has 0 aliphatic rings. The van der Waals surface area contributed by atoms with Crippen molar-refractivity contribution in [2.75, 3.05) is 7.11 Å². The standard InChI is InChI=1S/C18H16N4O2S/c1-11-14(16-7-15-17(25-16)18(23)20-10-19-15)8-21-22(11)9-12-3-5-13(24-2)6-4-12/h3-8,10H,9H2,1-2H3,(H,19,20,23). The third kappa shape index (κ3) is 2.83. The van der Waals surface area contributed by atoms with Crippen LogP contribution in [0.15, 0.2) is 47.7 Å². The quantitative estimate of drug-likeness (QED) is 0.612. The van der Waals surface area contributed by atoms with Crippen molar-refractivity contribution in [3.8, 4) is 16.2 Å². The summed E-state index contributed by atoms with van der Waals surface area (Å²) in [7, 11) is 1.66. The molecule has 0 aliphatic carbocycles. The highest BCUT2D eigenvalue weighted by Crippen LogP contribution is 2.32. The number of aromatic amines is 1. The van der Waals surface area contributed by atoms with Gasteiger partial charge in [0.05, 0.1) is 31.7 Å². The summed E-state index contributed by atoms with van der Waals surface area (Å²) in [4.78, 5) is 19.7. The van der Waals surface area contributed by atoms with Gasteiger partial charge in [-0.2, -0.15) is 5.10 Å². The Morgan fingerprint density at radius 1 is 1.28 bits per heavy atom. The van der Waals surface area contributed by atoms with Crippen LogP contribution in [0.1, 0.15) is 11.3 Å². The van der Waals surface area contributed by atoms with Crippen LogP contribution in [-0.2, 0) is 6.54 Å². The van der Waals surface area contributed by atoms with Crippen molar-refractivity contribution in [1.29, 1.82) is 0 Å². The number of rotatable bonds is 4. The summed E-state index contributed by atoms with van der Waals surface area (Å²) in [5.41, 5.74) is 3.83. The second-order valence-electron chi connectivity index (χ2n) is 5.71. The van der Waals surface area contributed by atoms with Crippen LogP contribution in [0.4, 0.5) is 0 Å². The highest BCUT2D eigenvalue weighted by molar-refractivity contribution is 7.22. The highest BCUT2D eigenvalue weighted by atomic mass is 32.1. The van der Waals surface area contributed by atoms with Crippen molar-refractivity contribution in [2.24, 2.45) is 0 Å². The van der Waals surface area contributed by atoms with Gasteiger partial charge in [0.2, 0.25) is 0 Å². The molecule has 0 radical (unpaired) electrons. The number of fused-ring (bicyclic) bond motifs is 1. The van der Waals surface area contributed by atoms with Crippen LogP contribution in [0, 0.1) is 6.92 Å². The molecule has 7 heteroatoms. The molecule has 126 valence electrons. The largest absolute Gasteiger partial charge is 0.497 e. The average Bonchev–Trinajstić information content (AvgIpc) is 3.21. The summed E-state index contributed by atoms with van der Waals surface area (Å²) in [6, 6.07) is 9.89. The van der Waals surface area contributed by atoms with Gasteiger partial charge in [-0.05, 0) is 30.7 Å². The van der Waals surface area contributed by atoms with Crippen molar-refractivity contribution in [1.82, 2.24) is 19.7 Å². The lowest BCUT2D eigenvalue weighted by molar-refractivity contribution is 0.414. The van der Waals surface area contributed by atoms with Crippen LogP contribution < -0.4 is 10.3 Å². The molecule has 25 heavy (non-hydrogen) atoms. The van der Waals surface area contributed by atoms with Crippen molar-refractivity contribution in [3.05, 3.63) is 64.5 Å². The zero-order valence-corrected chi connectivity index (χ0v) is 14.6. The number of nitrogens with one attached hydrogen (secondary N) is 1. The molecule has 1 N–H and O–H groups in total. The number of hydrogen-bond acceptors (Lipinski definition) is 5. The molecule has 0 bridgehead atoms. The molecule has 0 atom stereocenters. The molecule has 0 fully saturated rings. The predicted octanol–water partition coefficient (Wildman–Crippen LogP) is 3.21. The Morgan fingerprint density at radius 3 is 2.80 bits per heavy atom. The van der Waals surface area contributed by atoms with E-state index in [0.29, 0.717) is 16.8 Å². The maximum Gasteiger partial charge on any atom is 0.268 e. The Labute approximate surface area is 147 Å². The summed E-state index contributed by atoms with van der Waals surface area (Å²) < 4.78 is 7.78. The molecule has 0 unspecified atom stereocenters. The Bertz CT molecular complexity index is 1090. The van der Waals surface area contributed by atoms with E-state index in [1.807, 2.05) is 48.1 Å². The van der Waals surface area contributed by atoms with Gasteiger partial charge in [-0.25, -0.2) is 4.98 Å². The van der Waals surface area contributed by atoms with Gasteiger partial charge < -0.3 is 9.72 Å². The fraction of sp³-hybridized carbons (Fsp3) is 0.167. The molecule has 4 rings (SSSR count). The van der Waals surface area contributed by atoms with Gasteiger partial charge in [0.25, 0.3) is 5.56 Å². The molecule has 0 saturated heterocycles. The van der Waals surface area contributed by atoms with Gasteiger partial charge in [0.15, 0.2) is 0 Å². The van der Waals surface area contributed by atoms with E-state index < -0.39 is 0 Å². The maximum absolute atomic E-state index is 11.9. The van der Waals surface area contributed by atoms with E-state index in [4.69, 9.17) is 4.74 Å². The summed E-state index contributed by atoms with van der Waals surface area (Å²) in [6.07, 6.45) is 3.28. The summed E-state index contributed by atoms with van der Waals surface area (Å²) >= 11 is 1.44. The van der Waals surface area contributed by atoms with E-state index in [1.165, 1.54) is 17.7 Å². The molecule has 0 aliphatic heterocycles. The molecule has 6 nitrogen and oxygen atoms in total. The minimum Gasteiger partial charge on any atom is -0.497 e. The smallest absolute Gasteiger partial charge is 0.268 e. The van der Waals surface area contributed by atoms with Gasteiger partial charge >= 0.3 is 0 Å². The van der Waals surface area contributed by atoms with Crippen molar-refractivity contribution >= 4 is 21.6 Å². The molecule has 0 saturated carbocycles. The van der Waals surface area contributed by atoms with Crippen LogP contribution in [-0.4, -0.2) is 26.9 Å². The van der Waals surface area contributed by atoms with Crippen molar-refractivity contribution in [3.63, 3.8) is 0 Å². The van der Waals surface area contributed by atoms with E-state index in [0.717, 1.165) is 27.4 Å². The number of H-pyrrole nitrogens is 1. The number of hydrogen-bond donors (Lipinski definition) is 1. The Morgan fingerprint density at radius 2 is 2.08 bits per heavy atom. The Balaban J connectivity index is 1.67. The van der Waals surface area contributed by atoms with Gasteiger partial charge in [-0.3, -0.25) is 9.48 Å². The molecule has 3 heterocycles. The number of benzene rings is 1. The Kier molecular flexibility index (Phi) is 3.85. The molecule has 4 aromatic rings. The number of methoxy groups -OCH3 is 1. The fourth-order valence-electron chi connectivity index (χ4n) is 2.75. The van der Waals surface area contributed by atoms with Gasteiger partial charge in [-0.1, -0.05) is 12.1 Å². The second-order valence-corrected chi connectivity index (χ2v) is 6.76. The maximum atomic E-state index is 11.9. The molecule has 1 aromatic carbocycles. The molecule has 0 amide bonds. The van der Waals surface area contributed by atoms with Crippen molar-refractivity contribution in [2.45, 2.75) is 13.5 Å². The van der Waals surface area contributed by atoms with Gasteiger partial charge in [0.1, 0.15) is 10.4 Å². The molecular weight excluding hydrogens is 336 g/mol. The monoisotopic (exact) mass is 352 g/mol. The first kappa shape index (κ1) is 15.6. The third-order valence-electron chi connectivity index (χ3n) is 4.18. The van der Waals surface area contributed by atoms with E-state index in [2.05, 4.69) is 15.1 Å². The SMILES string of the molecule is COc1ccc(Cn2ncc(-c3cc4nc[nH]c(=O)c4s3)c2C)cc1. The fourth-order valence-corrected chi connectivity index (χ4v) is 3.82. The minimum atomic E-state index is -0.107. The zero-order valence-electron chi connectivity index (χ0n) is 13.8. The van der Waals surface area contributed by atoms with E-state index in [9.17, 15) is 4.79 Å². The van der Waals surface area contributed by atoms with Crippen LogP contribution in [0.25, 0.3) is 20.7 Å². The van der Waals surface area contributed by atoms with Gasteiger partial charge in [0, 0.05) is 16.1 Å². The lowest BCUT2D eigenvalue weighted by Crippen LogP contribution is -2.03. The normalized spacial score (nSPS) is 11.1. The van der Waals surface area contributed by atoms with Crippen molar-refractivity contribution < 1.29 is 4.74 Å². The number of thiophene rings is 1. The highest BCUT2D eigenvalue weighted by Gasteiger charge is 2.13. The number of ether oxygens (including phenoxy) is 1. The van der Waals surface area contributed by atoms with E-state index >= 15 is 0 Å². The first-order chi connectivity index (χ1) is 12.2. The summed E-state index contributed by atoms with van der Waals surface area (Å²) in [6.45, 7) is 2.72. The topological polar surface area (TPSA) is 72.8 Å². The van der Waals surface area contributed by atoms with E-state index in [-0.39, 0.29) is 5.56 Å². The van der Waals surface area contributed by atoms with Crippen LogP contribution in [0.3, 0.4) is 0 Å². The van der Waals surface area contributed by atoms with E-state index in [1.54, 1.807) is 7.11 Å². The first-order valence-corrected chi connectivity index (χ1v) is 8.60. The molecule has 0 spiro atoms. The lowest BCUT2D eigenvalue weighted by Gasteiger charge is -2.06. The Hall–Kier alpha value is -2.93. The second kappa shape index (κ2) is 6.18. The van der Waals surface area contributed by atoms with Gasteiger partial charge in [-0.15, -0.1) is 11.3 Å².